The van der Waals surface area contributed by atoms with Gasteiger partial charge in [0, 0.05) is 10.9 Å². The van der Waals surface area contributed by atoms with Crippen molar-refractivity contribution in [2.24, 2.45) is 0 Å². The summed E-state index contributed by atoms with van der Waals surface area (Å²) >= 11 is 0. The summed E-state index contributed by atoms with van der Waals surface area (Å²) in [4.78, 5) is 23.9. The van der Waals surface area contributed by atoms with Crippen LogP contribution in [0.25, 0.3) is 16.5 Å². The highest BCUT2D eigenvalue weighted by atomic mass is 16.1. The lowest BCUT2D eigenvalue weighted by molar-refractivity contribution is 0.112. The zero-order chi connectivity index (χ0) is 16.6. The first-order valence-corrected chi connectivity index (χ1v) is 7.49. The Bertz CT molecular complexity index is 949. The number of hydrogen-bond donors (Lipinski definition) is 0. The number of aldehydes is 1. The Morgan fingerprint density at radius 1 is 1.09 bits per heavy atom. The summed E-state index contributed by atoms with van der Waals surface area (Å²) in [7, 11) is 0. The molecule has 4 nitrogen and oxygen atoms in total. The molecule has 3 aromatic rings. The van der Waals surface area contributed by atoms with E-state index < -0.39 is 0 Å². The molecule has 0 aliphatic rings. The first-order valence-electron chi connectivity index (χ1n) is 7.49. The van der Waals surface area contributed by atoms with Gasteiger partial charge in [0.15, 0.2) is 6.29 Å². The van der Waals surface area contributed by atoms with Gasteiger partial charge in [-0.2, -0.15) is 9.78 Å². The number of para-hydroxylation sites is 1. The molecule has 0 amide bonds. The third-order valence-electron chi connectivity index (χ3n) is 3.94. The van der Waals surface area contributed by atoms with Crippen LogP contribution in [0.15, 0.2) is 53.5 Å². The number of rotatable bonds is 2. The van der Waals surface area contributed by atoms with Crippen molar-refractivity contribution in [1.82, 2.24) is 9.78 Å². The second kappa shape index (κ2) is 5.47. The van der Waals surface area contributed by atoms with Crippen LogP contribution in [0.3, 0.4) is 0 Å². The Hall–Kier alpha value is -2.75. The van der Waals surface area contributed by atoms with Gasteiger partial charge in [-0.15, -0.1) is 0 Å². The number of benzene rings is 2. The van der Waals surface area contributed by atoms with Gasteiger partial charge < -0.3 is 0 Å². The van der Waals surface area contributed by atoms with E-state index in [9.17, 15) is 9.59 Å². The first-order chi connectivity index (χ1) is 10.9. The monoisotopic (exact) mass is 306 g/mol. The van der Waals surface area contributed by atoms with Crippen molar-refractivity contribution in [2.45, 2.75) is 26.2 Å². The standard InChI is InChI=1S/C19H18N2O2/c1-19(2,3)15-8-9-16-14(10-15)11-20-21(18(16)23)17-7-5-4-6-13(17)12-22/h4-12H,1-3H3. The number of nitrogens with zero attached hydrogens (tertiary/aromatic N) is 2. The van der Waals surface area contributed by atoms with Gasteiger partial charge in [0.2, 0.25) is 0 Å². The number of carbonyl (C=O) groups is 1. The largest absolute Gasteiger partial charge is 0.298 e. The topological polar surface area (TPSA) is 52.0 Å². The van der Waals surface area contributed by atoms with Crippen LogP contribution in [-0.4, -0.2) is 16.1 Å². The molecule has 4 heteroatoms. The van der Waals surface area contributed by atoms with Crippen LogP contribution in [0.2, 0.25) is 0 Å². The van der Waals surface area contributed by atoms with E-state index in [1.54, 1.807) is 30.5 Å². The summed E-state index contributed by atoms with van der Waals surface area (Å²) < 4.78 is 1.28. The molecule has 0 saturated heterocycles. The molecule has 1 aromatic heterocycles. The molecular formula is C19H18N2O2. The molecule has 0 saturated carbocycles. The molecule has 0 N–H and O–H groups in total. The lowest BCUT2D eigenvalue weighted by Gasteiger charge is -2.19. The van der Waals surface area contributed by atoms with Crippen LogP contribution in [0.4, 0.5) is 0 Å². The Morgan fingerprint density at radius 2 is 1.83 bits per heavy atom. The van der Waals surface area contributed by atoms with Crippen molar-refractivity contribution in [3.63, 3.8) is 0 Å². The zero-order valence-electron chi connectivity index (χ0n) is 13.4. The molecule has 23 heavy (non-hydrogen) atoms. The molecule has 116 valence electrons. The molecule has 0 aliphatic heterocycles. The first kappa shape index (κ1) is 15.2. The second-order valence-corrected chi connectivity index (χ2v) is 6.59. The van der Waals surface area contributed by atoms with Gasteiger partial charge in [-0.25, -0.2) is 0 Å². The van der Waals surface area contributed by atoms with E-state index >= 15 is 0 Å². The van der Waals surface area contributed by atoms with Gasteiger partial charge in [-0.1, -0.05) is 39.0 Å². The highest BCUT2D eigenvalue weighted by molar-refractivity contribution is 5.83. The molecule has 0 spiro atoms. The van der Waals surface area contributed by atoms with Gasteiger partial charge >= 0.3 is 0 Å². The fraction of sp³-hybridized carbons (Fsp3) is 0.211. The molecule has 0 fully saturated rings. The van der Waals surface area contributed by atoms with E-state index in [1.165, 1.54) is 4.68 Å². The van der Waals surface area contributed by atoms with Gasteiger partial charge in [0.1, 0.15) is 0 Å². The lowest BCUT2D eigenvalue weighted by Crippen LogP contribution is -2.22. The van der Waals surface area contributed by atoms with E-state index in [-0.39, 0.29) is 11.0 Å². The predicted octanol–water partition coefficient (Wildman–Crippen LogP) is 3.50. The number of aromatic nitrogens is 2. The van der Waals surface area contributed by atoms with E-state index in [2.05, 4.69) is 25.9 Å². The summed E-state index contributed by atoms with van der Waals surface area (Å²) in [6, 6.07) is 12.7. The van der Waals surface area contributed by atoms with Crippen LogP contribution in [-0.2, 0) is 5.41 Å². The van der Waals surface area contributed by atoms with Gasteiger partial charge in [0.05, 0.1) is 17.3 Å². The van der Waals surface area contributed by atoms with Crippen LogP contribution in [0, 0.1) is 0 Å². The fourth-order valence-corrected chi connectivity index (χ4v) is 2.57. The third kappa shape index (κ3) is 2.68. The summed E-state index contributed by atoms with van der Waals surface area (Å²) in [6.07, 6.45) is 2.41. The maximum Gasteiger partial charge on any atom is 0.279 e. The van der Waals surface area contributed by atoms with Crippen molar-refractivity contribution in [2.75, 3.05) is 0 Å². The molecular weight excluding hydrogens is 288 g/mol. The molecule has 1 heterocycles. The van der Waals surface area contributed by atoms with Crippen molar-refractivity contribution >= 4 is 17.1 Å². The zero-order valence-corrected chi connectivity index (χ0v) is 13.4. The van der Waals surface area contributed by atoms with Crippen LogP contribution in [0.1, 0.15) is 36.7 Å². The van der Waals surface area contributed by atoms with Crippen LogP contribution >= 0.6 is 0 Å². The molecule has 0 bridgehead atoms. The SMILES string of the molecule is CC(C)(C)c1ccc2c(=O)n(-c3ccccc3C=O)ncc2c1. The maximum atomic E-state index is 12.7. The van der Waals surface area contributed by atoms with Gasteiger partial charge in [-0.3, -0.25) is 9.59 Å². The van der Waals surface area contributed by atoms with Crippen molar-refractivity contribution < 1.29 is 4.79 Å². The summed E-state index contributed by atoms with van der Waals surface area (Å²) in [5.41, 5.74) is 1.87. The minimum absolute atomic E-state index is 0.00711. The molecule has 0 atom stereocenters. The minimum atomic E-state index is -0.225. The predicted molar refractivity (Wildman–Crippen MR) is 91.4 cm³/mol. The molecule has 0 aliphatic carbocycles. The molecule has 2 aromatic carbocycles. The smallest absolute Gasteiger partial charge is 0.279 e. The number of hydrogen-bond acceptors (Lipinski definition) is 3. The Balaban J connectivity index is 2.24. The second-order valence-electron chi connectivity index (χ2n) is 6.59. The quantitative estimate of drug-likeness (QED) is 0.681. The van der Waals surface area contributed by atoms with Gasteiger partial charge in [0.25, 0.3) is 5.56 Å². The van der Waals surface area contributed by atoms with Crippen LogP contribution < -0.4 is 5.56 Å². The average Bonchev–Trinajstić information content (AvgIpc) is 2.54. The van der Waals surface area contributed by atoms with E-state index in [0.717, 1.165) is 17.2 Å². The highest BCUT2D eigenvalue weighted by Crippen LogP contribution is 2.24. The van der Waals surface area contributed by atoms with Gasteiger partial charge in [-0.05, 0) is 35.2 Å². The van der Waals surface area contributed by atoms with Crippen LogP contribution in [0.5, 0.6) is 0 Å². The number of carbonyl (C=O) groups excluding carboxylic acids is 1. The maximum absolute atomic E-state index is 12.7. The highest BCUT2D eigenvalue weighted by Gasteiger charge is 2.15. The molecule has 3 rings (SSSR count). The molecule has 0 unspecified atom stereocenters. The summed E-state index contributed by atoms with van der Waals surface area (Å²) in [6.45, 7) is 6.38. The van der Waals surface area contributed by atoms with E-state index in [0.29, 0.717) is 16.6 Å². The lowest BCUT2D eigenvalue weighted by atomic mass is 9.86. The Kier molecular flexibility index (Phi) is 3.60. The third-order valence-corrected chi connectivity index (χ3v) is 3.94. The number of fused-ring (bicyclic) bond motifs is 1. The molecule has 0 radical (unpaired) electrons. The van der Waals surface area contributed by atoms with E-state index in [4.69, 9.17) is 0 Å². The fourth-order valence-electron chi connectivity index (χ4n) is 2.57. The van der Waals surface area contributed by atoms with E-state index in [1.807, 2.05) is 18.2 Å². The van der Waals surface area contributed by atoms with Crippen molar-refractivity contribution in [3.05, 3.63) is 70.1 Å². The Morgan fingerprint density at radius 3 is 2.52 bits per heavy atom. The van der Waals surface area contributed by atoms with Crippen molar-refractivity contribution in [3.8, 4) is 5.69 Å². The summed E-state index contributed by atoms with van der Waals surface area (Å²) in [5, 5.41) is 5.65. The normalized spacial score (nSPS) is 11.6. The summed E-state index contributed by atoms with van der Waals surface area (Å²) in [5.74, 6) is 0. The van der Waals surface area contributed by atoms with Crippen molar-refractivity contribution in [1.29, 1.82) is 0 Å². The average molecular weight is 306 g/mol. The minimum Gasteiger partial charge on any atom is -0.298 e. The Labute approximate surface area is 134 Å².